The molecule has 0 radical (unpaired) electrons. The Morgan fingerprint density at radius 1 is 1.38 bits per heavy atom. The number of halogens is 4. The molecule has 1 aromatic carbocycles. The van der Waals surface area contributed by atoms with Gasteiger partial charge in [-0.05, 0) is 12.1 Å². The lowest BCUT2D eigenvalue weighted by molar-refractivity contribution is -0.144. The van der Waals surface area contributed by atoms with Gasteiger partial charge in [-0.1, -0.05) is 62.9 Å². The van der Waals surface area contributed by atoms with Crippen molar-refractivity contribution in [2.24, 2.45) is 0 Å². The zero-order chi connectivity index (χ0) is 12.3. The molecule has 0 fully saturated rings. The van der Waals surface area contributed by atoms with E-state index in [2.05, 4.69) is 28.6 Å². The van der Waals surface area contributed by atoms with E-state index in [1.165, 1.54) is 0 Å². The Kier molecular flexibility index (Phi) is 5.26. The molecule has 0 amide bonds. The molecule has 0 aliphatic carbocycles. The second-order valence-electron chi connectivity index (χ2n) is 2.81. The van der Waals surface area contributed by atoms with E-state index in [-0.39, 0.29) is 0 Å². The summed E-state index contributed by atoms with van der Waals surface area (Å²) in [6.45, 7) is 0. The van der Waals surface area contributed by atoms with E-state index in [0.717, 1.165) is 4.47 Å². The van der Waals surface area contributed by atoms with Crippen molar-refractivity contribution in [1.82, 2.24) is 0 Å². The van der Waals surface area contributed by atoms with Gasteiger partial charge in [-0.25, -0.2) is 4.79 Å². The standard InChI is InChI=1S/C9H6BrCl3O2S/c10-6-3-1-5(2-4-6)7(11)15-8(14)9(12,13)16/h1-4,7,16H. The van der Waals surface area contributed by atoms with Crippen LogP contribution in [0.4, 0.5) is 0 Å². The third-order valence-corrected chi connectivity index (χ3v) is 2.95. The van der Waals surface area contributed by atoms with Crippen LogP contribution in [0.15, 0.2) is 28.7 Å². The van der Waals surface area contributed by atoms with E-state index in [9.17, 15) is 4.79 Å². The average Bonchev–Trinajstić information content (AvgIpc) is 2.17. The Morgan fingerprint density at radius 2 is 1.88 bits per heavy atom. The van der Waals surface area contributed by atoms with Gasteiger partial charge in [0.2, 0.25) is 5.56 Å². The first-order chi connectivity index (χ1) is 7.30. The fourth-order valence-corrected chi connectivity index (χ4v) is 1.48. The second kappa shape index (κ2) is 5.83. The van der Waals surface area contributed by atoms with Crippen LogP contribution in [0, 0.1) is 0 Å². The van der Waals surface area contributed by atoms with E-state index in [1.54, 1.807) is 24.3 Å². The van der Waals surface area contributed by atoms with E-state index >= 15 is 0 Å². The largest absolute Gasteiger partial charge is 0.439 e. The molecule has 2 nitrogen and oxygen atoms in total. The van der Waals surface area contributed by atoms with E-state index in [0.29, 0.717) is 5.56 Å². The van der Waals surface area contributed by atoms with Crippen LogP contribution in [0.25, 0.3) is 0 Å². The average molecular weight is 364 g/mol. The summed E-state index contributed by atoms with van der Waals surface area (Å²) < 4.78 is 3.80. The van der Waals surface area contributed by atoms with Gasteiger partial charge in [-0.15, -0.1) is 12.6 Å². The van der Waals surface area contributed by atoms with Crippen molar-refractivity contribution in [3.63, 3.8) is 0 Å². The number of hydrogen-bond donors (Lipinski definition) is 1. The van der Waals surface area contributed by atoms with Crippen molar-refractivity contribution in [2.75, 3.05) is 0 Å². The van der Waals surface area contributed by atoms with Crippen LogP contribution in [-0.2, 0) is 9.53 Å². The number of esters is 1. The molecule has 1 atom stereocenters. The van der Waals surface area contributed by atoms with Crippen molar-refractivity contribution < 1.29 is 9.53 Å². The summed E-state index contributed by atoms with van der Waals surface area (Å²) in [6, 6.07) is 6.96. The molecule has 0 aliphatic heterocycles. The van der Waals surface area contributed by atoms with Crippen LogP contribution < -0.4 is 0 Å². The topological polar surface area (TPSA) is 26.3 Å². The lowest BCUT2D eigenvalue weighted by Crippen LogP contribution is -2.22. The van der Waals surface area contributed by atoms with E-state index in [1.807, 2.05) is 0 Å². The van der Waals surface area contributed by atoms with Gasteiger partial charge < -0.3 is 4.74 Å². The summed E-state index contributed by atoms with van der Waals surface area (Å²) in [4.78, 5) is 11.3. The van der Waals surface area contributed by atoms with Crippen molar-refractivity contribution in [3.05, 3.63) is 34.3 Å². The van der Waals surface area contributed by atoms with Gasteiger partial charge in [0.25, 0.3) is 3.67 Å². The minimum Gasteiger partial charge on any atom is -0.439 e. The second-order valence-corrected chi connectivity index (χ2v) is 6.65. The molecule has 1 aromatic rings. The van der Waals surface area contributed by atoms with Crippen molar-refractivity contribution in [1.29, 1.82) is 0 Å². The van der Waals surface area contributed by atoms with Gasteiger partial charge >= 0.3 is 5.97 Å². The highest BCUT2D eigenvalue weighted by Crippen LogP contribution is 2.31. The van der Waals surface area contributed by atoms with Gasteiger partial charge in [0.05, 0.1) is 0 Å². The summed E-state index contributed by atoms with van der Waals surface area (Å²) in [5, 5.41) is 0. The van der Waals surface area contributed by atoms with Crippen molar-refractivity contribution >= 4 is 69.3 Å². The molecule has 0 heterocycles. The zero-order valence-corrected chi connectivity index (χ0v) is 12.4. The highest BCUT2D eigenvalue weighted by atomic mass is 79.9. The van der Waals surface area contributed by atoms with Crippen molar-refractivity contribution in [3.8, 4) is 0 Å². The van der Waals surface area contributed by atoms with Crippen LogP contribution in [0.2, 0.25) is 0 Å². The molecular weight excluding hydrogens is 358 g/mol. The van der Waals surface area contributed by atoms with Gasteiger partial charge in [-0.3, -0.25) is 0 Å². The normalized spacial score (nSPS) is 13.3. The number of alkyl halides is 3. The van der Waals surface area contributed by atoms with Gasteiger partial charge in [0, 0.05) is 10.0 Å². The molecule has 1 unspecified atom stereocenters. The van der Waals surface area contributed by atoms with Gasteiger partial charge in [-0.2, -0.15) is 0 Å². The van der Waals surface area contributed by atoms with Crippen LogP contribution in [0.1, 0.15) is 11.1 Å². The van der Waals surface area contributed by atoms with Crippen molar-refractivity contribution in [2.45, 2.75) is 9.23 Å². The summed E-state index contributed by atoms with van der Waals surface area (Å²) in [6.07, 6.45) is 0. The Morgan fingerprint density at radius 3 is 2.31 bits per heavy atom. The Balaban J connectivity index is 2.69. The smallest absolute Gasteiger partial charge is 0.354 e. The lowest BCUT2D eigenvalue weighted by Gasteiger charge is -2.16. The zero-order valence-electron chi connectivity index (χ0n) is 7.66. The number of ether oxygens (including phenoxy) is 1. The fourth-order valence-electron chi connectivity index (χ4n) is 0.847. The van der Waals surface area contributed by atoms with Crippen LogP contribution >= 0.6 is 63.4 Å². The number of carbonyl (C=O) groups excluding carboxylic acids is 1. The Labute approximate surface area is 122 Å². The molecule has 0 saturated heterocycles. The quantitative estimate of drug-likeness (QED) is 0.492. The molecule has 0 saturated carbocycles. The number of rotatable bonds is 3. The SMILES string of the molecule is O=C(OC(Cl)c1ccc(Br)cc1)C(S)(Cl)Cl. The molecule has 88 valence electrons. The number of hydrogen-bond acceptors (Lipinski definition) is 3. The summed E-state index contributed by atoms with van der Waals surface area (Å²) in [7, 11) is 0. The molecule has 0 spiro atoms. The minimum absolute atomic E-state index is 0.615. The maximum Gasteiger partial charge on any atom is 0.354 e. The van der Waals surface area contributed by atoms with Gasteiger partial charge in [0.1, 0.15) is 0 Å². The Bertz CT molecular complexity index is 377. The van der Waals surface area contributed by atoms with Crippen LogP contribution in [0.3, 0.4) is 0 Å². The summed E-state index contributed by atoms with van der Waals surface area (Å²) >= 11 is 23.6. The third-order valence-electron chi connectivity index (χ3n) is 1.59. The molecule has 7 heteroatoms. The predicted octanol–water partition coefficient (Wildman–Crippen LogP) is 4.29. The lowest BCUT2D eigenvalue weighted by atomic mass is 10.2. The third kappa shape index (κ3) is 4.34. The number of carbonyl (C=O) groups is 1. The summed E-state index contributed by atoms with van der Waals surface area (Å²) in [5.41, 5.74) is -0.339. The number of thiol groups is 1. The molecule has 0 bridgehead atoms. The molecule has 0 aromatic heterocycles. The van der Waals surface area contributed by atoms with E-state index in [4.69, 9.17) is 39.5 Å². The Hall–Kier alpha value is 0.390. The van der Waals surface area contributed by atoms with Gasteiger partial charge in [0.15, 0.2) is 0 Å². The highest BCUT2D eigenvalue weighted by molar-refractivity contribution is 9.10. The maximum absolute atomic E-state index is 11.3. The highest BCUT2D eigenvalue weighted by Gasteiger charge is 2.32. The minimum atomic E-state index is -1.90. The fraction of sp³-hybridized carbons (Fsp3) is 0.222. The van der Waals surface area contributed by atoms with Crippen LogP contribution in [-0.4, -0.2) is 9.63 Å². The molecular formula is C9H6BrCl3O2S. The maximum atomic E-state index is 11.3. The molecule has 0 N–H and O–H groups in total. The molecule has 16 heavy (non-hydrogen) atoms. The first-order valence-corrected chi connectivity index (χ1v) is 6.45. The molecule has 0 aliphatic rings. The monoisotopic (exact) mass is 362 g/mol. The first kappa shape index (κ1) is 14.5. The van der Waals surface area contributed by atoms with Crippen LogP contribution in [0.5, 0.6) is 0 Å². The number of benzene rings is 1. The molecule has 1 rings (SSSR count). The predicted molar refractivity (Wildman–Crippen MR) is 72.3 cm³/mol. The first-order valence-electron chi connectivity index (χ1n) is 4.01. The summed E-state index contributed by atoms with van der Waals surface area (Å²) in [5.74, 6) is -0.915. The van der Waals surface area contributed by atoms with E-state index < -0.39 is 15.2 Å².